The van der Waals surface area contributed by atoms with Gasteiger partial charge in [0.05, 0.1) is 33.9 Å². The van der Waals surface area contributed by atoms with Crippen LogP contribution in [0.5, 0.6) is 23.0 Å². The molecule has 1 amide bonds. The van der Waals surface area contributed by atoms with E-state index in [1.807, 2.05) is 24.3 Å². The fourth-order valence-corrected chi connectivity index (χ4v) is 9.18. The van der Waals surface area contributed by atoms with Gasteiger partial charge in [-0.05, 0) is 84.5 Å². The number of ether oxygens (including phenoxy) is 6. The first-order chi connectivity index (χ1) is 24.6. The lowest BCUT2D eigenvalue weighted by molar-refractivity contribution is -0.182. The third kappa shape index (κ3) is 4.19. The van der Waals surface area contributed by atoms with E-state index >= 15 is 9.59 Å². The molecule has 0 aromatic heterocycles. The highest BCUT2D eigenvalue weighted by Gasteiger charge is 2.92. The lowest BCUT2D eigenvalue weighted by Gasteiger charge is -2.51. The molecule has 1 aliphatic heterocycles. The molecular weight excluding hydrogens is 650 g/mol. The van der Waals surface area contributed by atoms with E-state index in [0.29, 0.717) is 70.1 Å². The highest BCUT2D eigenvalue weighted by atomic mass is 16.6. The molecule has 3 aliphatic rings. The summed E-state index contributed by atoms with van der Waals surface area (Å²) in [5, 5.41) is 0. The number of amides is 1. The highest BCUT2D eigenvalue weighted by molar-refractivity contribution is 6.12. The van der Waals surface area contributed by atoms with Gasteiger partial charge in [-0.1, -0.05) is 54.1 Å². The summed E-state index contributed by atoms with van der Waals surface area (Å²) in [6, 6.07) is 28.4. The van der Waals surface area contributed by atoms with Crippen LogP contribution in [0.3, 0.4) is 0 Å². The monoisotopic (exact) mass is 689 g/mol. The summed E-state index contributed by atoms with van der Waals surface area (Å²) in [5.74, 6) is -0.405. The first kappa shape index (κ1) is 33.7. The Morgan fingerprint density at radius 3 is 1.33 bits per heavy atom. The zero-order valence-electron chi connectivity index (χ0n) is 29.1. The van der Waals surface area contributed by atoms with Gasteiger partial charge in [-0.3, -0.25) is 14.4 Å². The third-order valence-electron chi connectivity index (χ3n) is 10.9. The Morgan fingerprint density at radius 1 is 0.608 bits per heavy atom. The zero-order chi connectivity index (χ0) is 36.2. The number of hydrogen-bond donors (Lipinski definition) is 1. The number of carbonyl (C=O) groups excluding carboxylic acids is 3. The number of methoxy groups -OCH3 is 4. The van der Waals surface area contributed by atoms with E-state index in [0.717, 1.165) is 5.57 Å². The molecule has 2 N–H and O–H groups in total. The van der Waals surface area contributed by atoms with E-state index < -0.39 is 39.9 Å². The van der Waals surface area contributed by atoms with Crippen molar-refractivity contribution in [2.45, 2.75) is 42.8 Å². The minimum absolute atomic E-state index is 0.399. The van der Waals surface area contributed by atoms with Crippen LogP contribution in [-0.4, -0.2) is 51.9 Å². The maximum Gasteiger partial charge on any atom is 0.329 e. The maximum absolute atomic E-state index is 15.6. The Kier molecular flexibility index (Phi) is 8.08. The van der Waals surface area contributed by atoms with Crippen molar-refractivity contribution in [3.8, 4) is 23.0 Å². The Labute approximate surface area is 296 Å². The van der Waals surface area contributed by atoms with E-state index in [-0.39, 0.29) is 0 Å². The summed E-state index contributed by atoms with van der Waals surface area (Å²) in [6.07, 6.45) is 1.54. The van der Waals surface area contributed by atoms with E-state index in [2.05, 4.69) is 0 Å². The molecule has 1 heterocycles. The molecule has 1 fully saturated rings. The fourth-order valence-electron chi connectivity index (χ4n) is 9.18. The van der Waals surface area contributed by atoms with E-state index in [1.165, 1.54) is 6.92 Å². The van der Waals surface area contributed by atoms with Crippen LogP contribution in [0, 0.1) is 5.41 Å². The topological polar surface area (TPSA) is 133 Å². The molecule has 0 spiro atoms. The molecule has 262 valence electrons. The molecule has 10 nitrogen and oxygen atoms in total. The average molecular weight is 690 g/mol. The quantitative estimate of drug-likeness (QED) is 0.125. The summed E-state index contributed by atoms with van der Waals surface area (Å²) < 4.78 is 35.6. The molecular formula is C41H39NO9. The summed E-state index contributed by atoms with van der Waals surface area (Å²) >= 11 is 0. The van der Waals surface area contributed by atoms with Gasteiger partial charge in [-0.25, -0.2) is 0 Å². The van der Waals surface area contributed by atoms with Crippen molar-refractivity contribution in [1.82, 2.24) is 0 Å². The van der Waals surface area contributed by atoms with Gasteiger partial charge in [0.25, 0.3) is 0 Å². The summed E-state index contributed by atoms with van der Waals surface area (Å²) in [5.41, 5.74) is 2.16. The minimum Gasteiger partial charge on any atom is -0.497 e. The van der Waals surface area contributed by atoms with Crippen LogP contribution in [0.2, 0.25) is 0 Å². The van der Waals surface area contributed by atoms with Crippen LogP contribution < -0.4 is 24.7 Å². The predicted octanol–water partition coefficient (Wildman–Crippen LogP) is 5.78. The van der Waals surface area contributed by atoms with Gasteiger partial charge < -0.3 is 34.2 Å². The Balaban J connectivity index is 1.71. The molecule has 2 aliphatic carbocycles. The molecule has 0 saturated carbocycles. The third-order valence-corrected chi connectivity index (χ3v) is 10.9. The van der Waals surface area contributed by atoms with Gasteiger partial charge in [-0.2, -0.15) is 0 Å². The van der Waals surface area contributed by atoms with E-state index in [4.69, 9.17) is 34.2 Å². The van der Waals surface area contributed by atoms with Gasteiger partial charge in [0, 0.05) is 18.1 Å². The van der Waals surface area contributed by atoms with Crippen molar-refractivity contribution in [3.63, 3.8) is 0 Å². The summed E-state index contributed by atoms with van der Waals surface area (Å²) in [4.78, 5) is 44.4. The molecule has 1 saturated heterocycles. The Morgan fingerprint density at radius 2 is 0.980 bits per heavy atom. The van der Waals surface area contributed by atoms with Gasteiger partial charge in [0.1, 0.15) is 23.0 Å². The number of cyclic esters (lactones) is 1. The molecule has 2 atom stereocenters. The SMILES string of the molecule is COc1ccc(C2(c3ccc(OC)cc3)C3=C(CCC3)[C@@]3(OC(C)=O)C(c4ccc(OC)cc4)(c4ccc(OC)cc4)OC(=O)[C@@]23C(N)=O)cc1. The highest BCUT2D eigenvalue weighted by Crippen LogP contribution is 2.78. The molecule has 51 heavy (non-hydrogen) atoms. The van der Waals surface area contributed by atoms with Crippen LogP contribution in [0.25, 0.3) is 0 Å². The molecule has 4 aromatic carbocycles. The molecule has 7 rings (SSSR count). The minimum atomic E-state index is -2.36. The number of hydrogen-bond acceptors (Lipinski definition) is 9. The number of allylic oxidation sites excluding steroid dienone is 1. The Hall–Kier alpha value is -5.77. The summed E-state index contributed by atoms with van der Waals surface area (Å²) in [6.45, 7) is 1.27. The van der Waals surface area contributed by atoms with Crippen LogP contribution in [0.4, 0.5) is 0 Å². The molecule has 10 heteroatoms. The number of rotatable bonds is 10. The first-order valence-electron chi connectivity index (χ1n) is 16.7. The second-order valence-corrected chi connectivity index (χ2v) is 12.9. The largest absolute Gasteiger partial charge is 0.497 e. The first-order valence-corrected chi connectivity index (χ1v) is 16.7. The standard InChI is InChI=1S/C41H39NO9/c1-25(43)50-41-35-8-6-7-34(35)38(26-9-17-30(46-2)18-10-26,27-11-19-31(47-3)20-12-27)39(41,36(42)44)37(45)51-40(41,28-13-21-32(48-4)22-14-28)29-15-23-33(49-5)24-16-29/h9-24H,6-8H2,1-5H3,(H2,42,44)/t39-,41-/m0/s1. The van der Waals surface area contributed by atoms with Gasteiger partial charge in [0.15, 0.2) is 0 Å². The van der Waals surface area contributed by atoms with Crippen LogP contribution in [-0.2, 0) is 34.9 Å². The maximum atomic E-state index is 15.6. The van der Waals surface area contributed by atoms with Gasteiger partial charge >= 0.3 is 11.9 Å². The molecule has 0 radical (unpaired) electrons. The van der Waals surface area contributed by atoms with E-state index in [9.17, 15) is 4.79 Å². The average Bonchev–Trinajstić information content (AvgIpc) is 3.79. The lowest BCUT2D eigenvalue weighted by Crippen LogP contribution is -2.69. The van der Waals surface area contributed by atoms with Gasteiger partial charge in [0.2, 0.25) is 22.5 Å². The smallest absolute Gasteiger partial charge is 0.329 e. The number of fused-ring (bicyclic) bond motifs is 2. The van der Waals surface area contributed by atoms with Crippen molar-refractivity contribution in [1.29, 1.82) is 0 Å². The van der Waals surface area contributed by atoms with Crippen molar-refractivity contribution < 1.29 is 42.8 Å². The van der Waals surface area contributed by atoms with Crippen molar-refractivity contribution in [3.05, 3.63) is 130 Å². The second kappa shape index (κ2) is 12.2. The second-order valence-electron chi connectivity index (χ2n) is 12.9. The molecule has 4 aromatic rings. The fraction of sp³-hybridized carbons (Fsp3) is 0.293. The van der Waals surface area contributed by atoms with Gasteiger partial charge in [-0.15, -0.1) is 0 Å². The molecule has 0 unspecified atom stereocenters. The zero-order valence-corrected chi connectivity index (χ0v) is 29.1. The normalized spacial score (nSPS) is 22.4. The van der Waals surface area contributed by atoms with Crippen LogP contribution in [0.1, 0.15) is 48.4 Å². The lowest BCUT2D eigenvalue weighted by atomic mass is 9.49. The van der Waals surface area contributed by atoms with Crippen LogP contribution in [0.15, 0.2) is 108 Å². The van der Waals surface area contributed by atoms with Crippen molar-refractivity contribution >= 4 is 17.8 Å². The summed E-state index contributed by atoms with van der Waals surface area (Å²) in [7, 11) is 6.22. The number of primary amides is 1. The van der Waals surface area contributed by atoms with E-state index in [1.54, 1.807) is 101 Å². The number of nitrogens with two attached hydrogens (primary N) is 1. The van der Waals surface area contributed by atoms with Crippen LogP contribution >= 0.6 is 0 Å². The number of esters is 2. The Bertz CT molecular complexity index is 1940. The number of benzene rings is 4. The van der Waals surface area contributed by atoms with Crippen molar-refractivity contribution in [2.75, 3.05) is 28.4 Å². The predicted molar refractivity (Wildman–Crippen MR) is 187 cm³/mol. The molecule has 0 bridgehead atoms. The van der Waals surface area contributed by atoms with Crippen molar-refractivity contribution in [2.24, 2.45) is 11.1 Å². The number of carbonyl (C=O) groups is 3.